The predicted octanol–water partition coefficient (Wildman–Crippen LogP) is 3.64. The molecule has 6 heteroatoms. The lowest BCUT2D eigenvalue weighted by Crippen LogP contribution is -2.13. The van der Waals surface area contributed by atoms with Crippen LogP contribution in [0.2, 0.25) is 0 Å². The van der Waals surface area contributed by atoms with Gasteiger partial charge in [0.1, 0.15) is 0 Å². The molecule has 1 heterocycles. The fourth-order valence-electron chi connectivity index (χ4n) is 2.23. The van der Waals surface area contributed by atoms with Gasteiger partial charge in [-0.15, -0.1) is 0 Å². The maximum absolute atomic E-state index is 12.3. The topological polar surface area (TPSA) is 77.2 Å². The van der Waals surface area contributed by atoms with Gasteiger partial charge >= 0.3 is 0 Å². The van der Waals surface area contributed by atoms with Gasteiger partial charge in [-0.25, -0.2) is 0 Å². The monoisotopic (exact) mass is 307 g/mol. The third kappa shape index (κ3) is 3.11. The van der Waals surface area contributed by atoms with Gasteiger partial charge in [0.2, 0.25) is 0 Å². The molecule has 0 bridgehead atoms. The van der Waals surface area contributed by atoms with E-state index in [1.54, 1.807) is 6.07 Å². The summed E-state index contributed by atoms with van der Waals surface area (Å²) in [6.45, 7) is 0. The molecule has 0 unspecified atom stereocenters. The highest BCUT2D eigenvalue weighted by Gasteiger charge is 2.11. The smallest absolute Gasteiger partial charge is 0.269 e. The number of rotatable bonds is 4. The molecular weight excluding hydrogens is 294 g/mol. The molecule has 2 aromatic carbocycles. The zero-order chi connectivity index (χ0) is 16.2. The zero-order valence-corrected chi connectivity index (χ0v) is 12.0. The first kappa shape index (κ1) is 14.5. The van der Waals surface area contributed by atoms with Crippen LogP contribution in [-0.2, 0) is 0 Å². The summed E-state index contributed by atoms with van der Waals surface area (Å²) in [4.78, 5) is 22.5. The number of nitrogens with zero attached hydrogens (tertiary/aromatic N) is 2. The third-order valence-electron chi connectivity index (χ3n) is 3.38. The molecule has 0 saturated heterocycles. The summed E-state index contributed by atoms with van der Waals surface area (Å²) >= 11 is 0. The Morgan fingerprint density at radius 1 is 0.957 bits per heavy atom. The van der Waals surface area contributed by atoms with E-state index < -0.39 is 4.92 Å². The quantitative estimate of drug-likeness (QED) is 0.590. The van der Waals surface area contributed by atoms with Crippen molar-refractivity contribution in [3.05, 3.63) is 88.7 Å². The van der Waals surface area contributed by atoms with Crippen LogP contribution < -0.4 is 5.32 Å². The number of hydrogen-bond donors (Lipinski definition) is 1. The molecule has 1 N–H and O–H groups in total. The number of nitrogens with one attached hydrogen (secondary N) is 1. The second kappa shape index (κ2) is 6.15. The number of anilines is 1. The average molecular weight is 307 g/mol. The zero-order valence-electron chi connectivity index (χ0n) is 12.0. The highest BCUT2D eigenvalue weighted by Crippen LogP contribution is 2.21. The van der Waals surface area contributed by atoms with Crippen molar-refractivity contribution in [1.29, 1.82) is 0 Å². The minimum atomic E-state index is -0.497. The highest BCUT2D eigenvalue weighted by molar-refractivity contribution is 6.05. The Morgan fingerprint density at radius 3 is 2.26 bits per heavy atom. The Morgan fingerprint density at radius 2 is 1.61 bits per heavy atom. The maximum atomic E-state index is 12.3. The lowest BCUT2D eigenvalue weighted by molar-refractivity contribution is -0.384. The molecule has 1 amide bonds. The van der Waals surface area contributed by atoms with Crippen molar-refractivity contribution in [2.45, 2.75) is 0 Å². The number of carbonyl (C=O) groups excluding carboxylic acids is 1. The second-order valence-corrected chi connectivity index (χ2v) is 4.87. The van der Waals surface area contributed by atoms with Gasteiger partial charge in [-0.2, -0.15) is 0 Å². The van der Waals surface area contributed by atoms with Crippen LogP contribution in [0.25, 0.3) is 5.69 Å². The van der Waals surface area contributed by atoms with Gasteiger partial charge in [-0.1, -0.05) is 12.1 Å². The summed E-state index contributed by atoms with van der Waals surface area (Å²) in [5.74, 6) is -0.320. The minimum Gasteiger partial charge on any atom is -0.322 e. The summed E-state index contributed by atoms with van der Waals surface area (Å²) in [5, 5.41) is 13.5. The Hall–Kier alpha value is -3.41. The van der Waals surface area contributed by atoms with Gasteiger partial charge in [0, 0.05) is 30.1 Å². The lowest BCUT2D eigenvalue weighted by atomic mass is 10.2. The van der Waals surface area contributed by atoms with E-state index in [1.807, 2.05) is 47.3 Å². The van der Waals surface area contributed by atoms with E-state index in [4.69, 9.17) is 0 Å². The summed E-state index contributed by atoms with van der Waals surface area (Å²) in [6, 6.07) is 16.7. The first-order valence-electron chi connectivity index (χ1n) is 6.93. The standard InChI is InChI=1S/C17H13N3O3/c21-17(13-7-9-14(10-8-13)20(22)23)18-15-5-1-2-6-16(15)19-11-3-4-12-19/h1-12H,(H,18,21). The molecule has 23 heavy (non-hydrogen) atoms. The molecule has 0 aliphatic rings. The summed E-state index contributed by atoms with van der Waals surface area (Å²) < 4.78 is 1.89. The first-order chi connectivity index (χ1) is 11.1. The largest absolute Gasteiger partial charge is 0.322 e. The van der Waals surface area contributed by atoms with E-state index in [0.29, 0.717) is 11.3 Å². The normalized spacial score (nSPS) is 10.3. The number of benzene rings is 2. The maximum Gasteiger partial charge on any atom is 0.269 e. The third-order valence-corrected chi connectivity index (χ3v) is 3.38. The minimum absolute atomic E-state index is 0.0470. The van der Waals surface area contributed by atoms with Crippen molar-refractivity contribution in [1.82, 2.24) is 4.57 Å². The summed E-state index contributed by atoms with van der Waals surface area (Å²) in [7, 11) is 0. The Balaban J connectivity index is 1.85. The molecule has 0 aliphatic heterocycles. The van der Waals surface area contributed by atoms with Crippen LogP contribution in [-0.4, -0.2) is 15.4 Å². The molecule has 0 radical (unpaired) electrons. The number of para-hydroxylation sites is 2. The average Bonchev–Trinajstić information content (AvgIpc) is 3.09. The van der Waals surface area contributed by atoms with Crippen molar-refractivity contribution in [2.24, 2.45) is 0 Å². The SMILES string of the molecule is O=C(Nc1ccccc1-n1cccc1)c1ccc([N+](=O)[O-])cc1. The lowest BCUT2D eigenvalue weighted by Gasteiger charge is -2.12. The van der Waals surface area contributed by atoms with Crippen LogP contribution >= 0.6 is 0 Å². The molecule has 3 rings (SSSR count). The van der Waals surface area contributed by atoms with Gasteiger partial charge in [-0.05, 0) is 36.4 Å². The van der Waals surface area contributed by atoms with E-state index in [2.05, 4.69) is 5.32 Å². The van der Waals surface area contributed by atoms with Crippen molar-refractivity contribution in [3.8, 4) is 5.69 Å². The van der Waals surface area contributed by atoms with Crippen LogP contribution in [0.1, 0.15) is 10.4 Å². The predicted molar refractivity (Wildman–Crippen MR) is 86.8 cm³/mol. The summed E-state index contributed by atoms with van der Waals surface area (Å²) in [5.41, 5.74) is 1.81. The van der Waals surface area contributed by atoms with Crippen LogP contribution in [0.3, 0.4) is 0 Å². The van der Waals surface area contributed by atoms with Gasteiger partial charge in [0.25, 0.3) is 11.6 Å². The summed E-state index contributed by atoms with van der Waals surface area (Å²) in [6.07, 6.45) is 3.77. The number of aromatic nitrogens is 1. The number of carbonyl (C=O) groups is 1. The fraction of sp³-hybridized carbons (Fsp3) is 0. The van der Waals surface area contributed by atoms with Crippen molar-refractivity contribution in [3.63, 3.8) is 0 Å². The number of nitro groups is 1. The van der Waals surface area contributed by atoms with Crippen molar-refractivity contribution >= 4 is 17.3 Å². The van der Waals surface area contributed by atoms with Crippen LogP contribution in [0.4, 0.5) is 11.4 Å². The Bertz CT molecular complexity index is 840. The van der Waals surface area contributed by atoms with E-state index in [9.17, 15) is 14.9 Å². The number of nitro benzene ring substituents is 1. The molecular formula is C17H13N3O3. The van der Waals surface area contributed by atoms with Crippen LogP contribution in [0.5, 0.6) is 0 Å². The van der Waals surface area contributed by atoms with Crippen LogP contribution in [0.15, 0.2) is 73.1 Å². The van der Waals surface area contributed by atoms with E-state index >= 15 is 0 Å². The molecule has 0 atom stereocenters. The Labute approximate surface area is 132 Å². The second-order valence-electron chi connectivity index (χ2n) is 4.87. The first-order valence-corrected chi connectivity index (χ1v) is 6.93. The van der Waals surface area contributed by atoms with Gasteiger partial charge in [0.05, 0.1) is 16.3 Å². The van der Waals surface area contributed by atoms with E-state index in [0.717, 1.165) is 5.69 Å². The Kier molecular flexibility index (Phi) is 3.88. The van der Waals surface area contributed by atoms with E-state index in [1.165, 1.54) is 24.3 Å². The molecule has 0 spiro atoms. The molecule has 6 nitrogen and oxygen atoms in total. The molecule has 0 aliphatic carbocycles. The molecule has 0 saturated carbocycles. The van der Waals surface area contributed by atoms with Crippen molar-refractivity contribution < 1.29 is 9.72 Å². The van der Waals surface area contributed by atoms with E-state index in [-0.39, 0.29) is 11.6 Å². The van der Waals surface area contributed by atoms with Crippen molar-refractivity contribution in [2.75, 3.05) is 5.32 Å². The molecule has 1 aromatic heterocycles. The number of amides is 1. The number of hydrogen-bond acceptors (Lipinski definition) is 3. The fourth-order valence-corrected chi connectivity index (χ4v) is 2.23. The molecule has 114 valence electrons. The van der Waals surface area contributed by atoms with Gasteiger partial charge < -0.3 is 9.88 Å². The molecule has 0 fully saturated rings. The van der Waals surface area contributed by atoms with Gasteiger partial charge in [-0.3, -0.25) is 14.9 Å². The molecule has 3 aromatic rings. The number of non-ortho nitro benzene ring substituents is 1. The van der Waals surface area contributed by atoms with Crippen LogP contribution in [0, 0.1) is 10.1 Å². The highest BCUT2D eigenvalue weighted by atomic mass is 16.6. The van der Waals surface area contributed by atoms with Gasteiger partial charge in [0.15, 0.2) is 0 Å².